The zero-order valence-corrected chi connectivity index (χ0v) is 9.96. The number of rotatable bonds is 5. The summed E-state index contributed by atoms with van der Waals surface area (Å²) in [6.45, 7) is 4.02. The summed E-state index contributed by atoms with van der Waals surface area (Å²) < 4.78 is 13.0. The number of carboxylic acid groups (broad SMARTS) is 1. The average molecular weight is 237 g/mol. The maximum absolute atomic E-state index is 13.0. The predicted octanol–water partition coefficient (Wildman–Crippen LogP) is 2.97. The molecule has 0 saturated heterocycles. The summed E-state index contributed by atoms with van der Waals surface area (Å²) in [5.41, 5.74) is 1.96. The molecule has 0 saturated carbocycles. The third kappa shape index (κ3) is 3.90. The molecule has 0 amide bonds. The molecule has 0 unspecified atom stereocenters. The molecule has 0 aromatic heterocycles. The van der Waals surface area contributed by atoms with Crippen LogP contribution in [-0.4, -0.2) is 17.6 Å². The van der Waals surface area contributed by atoms with E-state index in [-0.39, 0.29) is 5.82 Å². The molecule has 1 aromatic carbocycles. The van der Waals surface area contributed by atoms with E-state index < -0.39 is 5.97 Å². The normalized spacial score (nSPS) is 11.4. The zero-order chi connectivity index (χ0) is 12.8. The van der Waals surface area contributed by atoms with Gasteiger partial charge in [-0.25, -0.2) is 9.18 Å². The van der Waals surface area contributed by atoms with Gasteiger partial charge < -0.3 is 10.4 Å². The Labute approximate surface area is 100.0 Å². The first kappa shape index (κ1) is 13.2. The molecule has 0 aliphatic carbocycles. The Bertz CT molecular complexity index is 441. The molecule has 3 nitrogen and oxygen atoms in total. The van der Waals surface area contributed by atoms with Crippen molar-refractivity contribution < 1.29 is 14.3 Å². The highest BCUT2D eigenvalue weighted by Gasteiger charge is 2.03. The average Bonchev–Trinajstić information content (AvgIpc) is 2.28. The van der Waals surface area contributed by atoms with Gasteiger partial charge in [-0.05, 0) is 31.0 Å². The second kappa shape index (κ2) is 6.03. The summed E-state index contributed by atoms with van der Waals surface area (Å²) >= 11 is 0. The van der Waals surface area contributed by atoms with Crippen LogP contribution in [0.3, 0.4) is 0 Å². The van der Waals surface area contributed by atoms with Crippen LogP contribution in [0.15, 0.2) is 29.8 Å². The van der Waals surface area contributed by atoms with E-state index in [1.54, 1.807) is 19.1 Å². The van der Waals surface area contributed by atoms with Crippen molar-refractivity contribution in [3.05, 3.63) is 41.2 Å². The lowest BCUT2D eigenvalue weighted by Crippen LogP contribution is -2.05. The van der Waals surface area contributed by atoms with Crippen LogP contribution < -0.4 is 5.32 Å². The van der Waals surface area contributed by atoms with Crippen molar-refractivity contribution in [1.29, 1.82) is 0 Å². The highest BCUT2D eigenvalue weighted by Crippen LogP contribution is 2.15. The molecule has 4 heteroatoms. The SMILES string of the molecule is CC/C(=C/CNc1cc(F)ccc1C)C(=O)O. The third-order valence-electron chi connectivity index (χ3n) is 2.50. The molecule has 0 bridgehead atoms. The van der Waals surface area contributed by atoms with Crippen LogP contribution >= 0.6 is 0 Å². The van der Waals surface area contributed by atoms with Gasteiger partial charge in [-0.3, -0.25) is 0 Å². The Hall–Kier alpha value is -1.84. The fourth-order valence-electron chi connectivity index (χ4n) is 1.45. The van der Waals surface area contributed by atoms with Crippen molar-refractivity contribution in [3.8, 4) is 0 Å². The first-order valence-electron chi connectivity index (χ1n) is 5.47. The van der Waals surface area contributed by atoms with Gasteiger partial charge in [-0.2, -0.15) is 0 Å². The predicted molar refractivity (Wildman–Crippen MR) is 65.6 cm³/mol. The molecule has 0 fully saturated rings. The minimum atomic E-state index is -0.912. The van der Waals surface area contributed by atoms with Gasteiger partial charge in [0.1, 0.15) is 5.82 Å². The van der Waals surface area contributed by atoms with Crippen molar-refractivity contribution >= 4 is 11.7 Å². The molecule has 1 aromatic rings. The molecule has 92 valence electrons. The molecule has 0 aliphatic rings. The minimum Gasteiger partial charge on any atom is -0.478 e. The molecule has 0 aliphatic heterocycles. The molecule has 0 radical (unpaired) electrons. The van der Waals surface area contributed by atoms with E-state index in [1.165, 1.54) is 12.1 Å². The number of nitrogens with one attached hydrogen (secondary N) is 1. The van der Waals surface area contributed by atoms with Crippen LogP contribution in [0.2, 0.25) is 0 Å². The molecule has 1 rings (SSSR count). The summed E-state index contributed by atoms with van der Waals surface area (Å²) in [6.07, 6.45) is 2.08. The molecular weight excluding hydrogens is 221 g/mol. The van der Waals surface area contributed by atoms with E-state index in [0.717, 1.165) is 5.56 Å². The molecule has 0 spiro atoms. The van der Waals surface area contributed by atoms with Gasteiger partial charge >= 0.3 is 5.97 Å². The van der Waals surface area contributed by atoms with Gasteiger partial charge in [0, 0.05) is 17.8 Å². The van der Waals surface area contributed by atoms with Crippen molar-refractivity contribution in [2.75, 3.05) is 11.9 Å². The number of anilines is 1. The Morgan fingerprint density at radius 3 is 2.82 bits per heavy atom. The third-order valence-corrected chi connectivity index (χ3v) is 2.50. The van der Waals surface area contributed by atoms with E-state index in [1.807, 2.05) is 6.92 Å². The second-order valence-electron chi connectivity index (χ2n) is 3.73. The fourth-order valence-corrected chi connectivity index (χ4v) is 1.45. The smallest absolute Gasteiger partial charge is 0.331 e. The van der Waals surface area contributed by atoms with Crippen LogP contribution in [0.5, 0.6) is 0 Å². The van der Waals surface area contributed by atoms with Gasteiger partial charge in [0.05, 0.1) is 0 Å². The number of aryl methyl sites for hydroxylation is 1. The summed E-state index contributed by atoms with van der Waals surface area (Å²) in [6, 6.07) is 4.47. The molecule has 0 atom stereocenters. The Balaban J connectivity index is 2.67. The summed E-state index contributed by atoms with van der Waals surface area (Å²) in [5, 5.41) is 11.8. The summed E-state index contributed by atoms with van der Waals surface area (Å²) in [7, 11) is 0. The second-order valence-corrected chi connectivity index (χ2v) is 3.73. The zero-order valence-electron chi connectivity index (χ0n) is 9.96. The first-order chi connectivity index (χ1) is 8.04. The highest BCUT2D eigenvalue weighted by molar-refractivity contribution is 5.86. The lowest BCUT2D eigenvalue weighted by Gasteiger charge is -2.07. The van der Waals surface area contributed by atoms with Gasteiger partial charge in [0.15, 0.2) is 0 Å². The maximum atomic E-state index is 13.0. The summed E-state index contributed by atoms with van der Waals surface area (Å²) in [5.74, 6) is -1.22. The number of carboxylic acids is 1. The topological polar surface area (TPSA) is 49.3 Å². The minimum absolute atomic E-state index is 0.309. The van der Waals surface area contributed by atoms with Crippen molar-refractivity contribution in [2.45, 2.75) is 20.3 Å². The van der Waals surface area contributed by atoms with Crippen LogP contribution in [0.1, 0.15) is 18.9 Å². The number of hydrogen-bond donors (Lipinski definition) is 2. The highest BCUT2D eigenvalue weighted by atomic mass is 19.1. The van der Waals surface area contributed by atoms with Gasteiger partial charge in [-0.15, -0.1) is 0 Å². The van der Waals surface area contributed by atoms with Crippen LogP contribution in [0.25, 0.3) is 0 Å². The van der Waals surface area contributed by atoms with Gasteiger partial charge in [0.25, 0.3) is 0 Å². The van der Waals surface area contributed by atoms with E-state index in [9.17, 15) is 9.18 Å². The Morgan fingerprint density at radius 2 is 2.24 bits per heavy atom. The number of benzene rings is 1. The quantitative estimate of drug-likeness (QED) is 0.774. The van der Waals surface area contributed by atoms with Crippen molar-refractivity contribution in [3.63, 3.8) is 0 Å². The number of aliphatic carboxylic acids is 1. The molecule has 17 heavy (non-hydrogen) atoms. The van der Waals surface area contributed by atoms with Gasteiger partial charge in [-0.1, -0.05) is 19.1 Å². The van der Waals surface area contributed by atoms with E-state index in [4.69, 9.17) is 5.11 Å². The van der Waals surface area contributed by atoms with Crippen LogP contribution in [0.4, 0.5) is 10.1 Å². The first-order valence-corrected chi connectivity index (χ1v) is 5.47. The Morgan fingerprint density at radius 1 is 1.53 bits per heavy atom. The van der Waals surface area contributed by atoms with E-state index in [2.05, 4.69) is 5.32 Å². The van der Waals surface area contributed by atoms with E-state index >= 15 is 0 Å². The van der Waals surface area contributed by atoms with Crippen molar-refractivity contribution in [1.82, 2.24) is 0 Å². The summed E-state index contributed by atoms with van der Waals surface area (Å²) in [4.78, 5) is 10.7. The van der Waals surface area contributed by atoms with E-state index in [0.29, 0.717) is 24.2 Å². The van der Waals surface area contributed by atoms with Crippen LogP contribution in [0, 0.1) is 12.7 Å². The number of hydrogen-bond acceptors (Lipinski definition) is 2. The standard InChI is InChI=1S/C13H16FNO2/c1-3-10(13(16)17)6-7-15-12-8-11(14)5-4-9(12)2/h4-6,8,15H,3,7H2,1-2H3,(H,16,17)/b10-6-. The molecular formula is C13H16FNO2. The van der Waals surface area contributed by atoms with Crippen LogP contribution in [-0.2, 0) is 4.79 Å². The lowest BCUT2D eigenvalue weighted by atomic mass is 10.2. The monoisotopic (exact) mass is 237 g/mol. The Kier molecular flexibility index (Phi) is 4.69. The maximum Gasteiger partial charge on any atom is 0.331 e. The molecule has 2 N–H and O–H groups in total. The number of halogens is 1. The number of carbonyl (C=O) groups is 1. The largest absolute Gasteiger partial charge is 0.478 e. The van der Waals surface area contributed by atoms with Crippen molar-refractivity contribution in [2.24, 2.45) is 0 Å². The molecule has 0 heterocycles. The fraction of sp³-hybridized carbons (Fsp3) is 0.308. The lowest BCUT2D eigenvalue weighted by molar-refractivity contribution is -0.132. The van der Waals surface area contributed by atoms with Gasteiger partial charge in [0.2, 0.25) is 0 Å².